The van der Waals surface area contributed by atoms with Gasteiger partial charge >= 0.3 is 0 Å². The third-order valence-electron chi connectivity index (χ3n) is 5.13. The summed E-state index contributed by atoms with van der Waals surface area (Å²) in [5.41, 5.74) is 0. The van der Waals surface area contributed by atoms with Gasteiger partial charge in [0.25, 0.3) is 0 Å². The molecule has 0 saturated carbocycles. The highest BCUT2D eigenvalue weighted by Gasteiger charge is 2.34. The second-order valence-electron chi connectivity index (χ2n) is 6.89. The van der Waals surface area contributed by atoms with Gasteiger partial charge in [0, 0.05) is 32.2 Å². The lowest BCUT2D eigenvalue weighted by atomic mass is 9.94. The first-order valence-electron chi connectivity index (χ1n) is 9.06. The van der Waals surface area contributed by atoms with Crippen molar-refractivity contribution >= 4 is 11.8 Å². The molecule has 0 bridgehead atoms. The number of ether oxygens (including phenoxy) is 1. The lowest BCUT2D eigenvalue weighted by Crippen LogP contribution is -2.47. The lowest BCUT2D eigenvalue weighted by Gasteiger charge is -2.37. The van der Waals surface area contributed by atoms with Gasteiger partial charge in [0.15, 0.2) is 5.82 Å². The van der Waals surface area contributed by atoms with Crippen LogP contribution in [0.5, 0.6) is 0 Å². The second kappa shape index (κ2) is 7.51. The molecule has 0 aliphatic carbocycles. The number of likely N-dealkylation sites (tertiary alicyclic amines) is 1. The van der Waals surface area contributed by atoms with Crippen LogP contribution in [0.15, 0.2) is 0 Å². The minimum absolute atomic E-state index is 0.0149. The number of hydrogen-bond acceptors (Lipinski definition) is 5. The van der Waals surface area contributed by atoms with E-state index >= 15 is 0 Å². The van der Waals surface area contributed by atoms with Crippen LogP contribution in [0.2, 0.25) is 0 Å². The Morgan fingerprint density at radius 2 is 1.92 bits per heavy atom. The fourth-order valence-electron chi connectivity index (χ4n) is 3.81. The minimum Gasteiger partial charge on any atom is -0.372 e. The van der Waals surface area contributed by atoms with Gasteiger partial charge in [0.05, 0.1) is 12.6 Å². The van der Waals surface area contributed by atoms with Gasteiger partial charge in [-0.05, 0) is 33.6 Å². The number of carbonyl (C=O) groups is 2. The molecule has 2 aliphatic rings. The van der Waals surface area contributed by atoms with Gasteiger partial charge in [0.1, 0.15) is 12.4 Å². The number of piperidine rings is 1. The summed E-state index contributed by atoms with van der Waals surface area (Å²) in [6.45, 7) is 9.04. The smallest absolute Gasteiger partial charge is 0.248 e. The molecular formula is C17H27N5O3. The summed E-state index contributed by atoms with van der Waals surface area (Å²) in [7, 11) is 0. The molecule has 0 radical (unpaired) electrons. The Balaban J connectivity index is 1.56. The molecule has 1 unspecified atom stereocenters. The quantitative estimate of drug-likeness (QED) is 0.802. The van der Waals surface area contributed by atoms with Gasteiger partial charge in [-0.1, -0.05) is 0 Å². The van der Waals surface area contributed by atoms with Crippen molar-refractivity contribution in [2.45, 2.75) is 46.2 Å². The maximum absolute atomic E-state index is 12.9. The van der Waals surface area contributed by atoms with Crippen LogP contribution in [-0.4, -0.2) is 69.2 Å². The Bertz CT molecular complexity index is 636. The molecular weight excluding hydrogens is 322 g/mol. The van der Waals surface area contributed by atoms with E-state index in [2.05, 4.69) is 21.7 Å². The van der Waals surface area contributed by atoms with Gasteiger partial charge in [-0.2, -0.15) is 0 Å². The molecule has 2 amide bonds. The summed E-state index contributed by atoms with van der Waals surface area (Å²) in [4.78, 5) is 28.6. The van der Waals surface area contributed by atoms with Gasteiger partial charge in [-0.3, -0.25) is 9.59 Å². The van der Waals surface area contributed by atoms with E-state index in [1.54, 1.807) is 4.90 Å². The van der Waals surface area contributed by atoms with Gasteiger partial charge in [-0.15, -0.1) is 10.2 Å². The molecule has 8 nitrogen and oxygen atoms in total. The van der Waals surface area contributed by atoms with E-state index in [-0.39, 0.29) is 30.4 Å². The van der Waals surface area contributed by atoms with Crippen molar-refractivity contribution in [2.24, 2.45) is 5.92 Å². The number of hydrogen-bond donors (Lipinski definition) is 0. The number of aryl methyl sites for hydroxylation is 1. The van der Waals surface area contributed by atoms with Crippen LogP contribution in [0.25, 0.3) is 0 Å². The standard InChI is InChI=1S/C17H27N5O3/c1-4-25-11-16(23)20-7-5-14(6-8-20)17(24)21-9-12(2)22-13(3)18-19-15(22)10-21/h12,14H,4-11H2,1-3H3. The number of nitrogens with zero attached hydrogens (tertiary/aromatic N) is 5. The van der Waals surface area contributed by atoms with Crippen molar-refractivity contribution in [2.75, 3.05) is 32.8 Å². The molecule has 25 heavy (non-hydrogen) atoms. The lowest BCUT2D eigenvalue weighted by molar-refractivity contribution is -0.143. The van der Waals surface area contributed by atoms with E-state index < -0.39 is 0 Å². The van der Waals surface area contributed by atoms with Crippen molar-refractivity contribution in [3.8, 4) is 0 Å². The molecule has 0 spiro atoms. The summed E-state index contributed by atoms with van der Waals surface area (Å²) in [6.07, 6.45) is 1.43. The first kappa shape index (κ1) is 17.8. The maximum atomic E-state index is 12.9. The minimum atomic E-state index is -0.0149. The molecule has 3 rings (SSSR count). The molecule has 1 aromatic rings. The normalized spacial score (nSPS) is 21.3. The molecule has 2 aliphatic heterocycles. The number of amides is 2. The first-order valence-corrected chi connectivity index (χ1v) is 9.06. The van der Waals surface area contributed by atoms with Crippen LogP contribution in [0, 0.1) is 12.8 Å². The monoisotopic (exact) mass is 349 g/mol. The average molecular weight is 349 g/mol. The molecule has 8 heteroatoms. The predicted molar refractivity (Wildman–Crippen MR) is 90.7 cm³/mol. The maximum Gasteiger partial charge on any atom is 0.248 e. The van der Waals surface area contributed by atoms with E-state index in [4.69, 9.17) is 4.74 Å². The summed E-state index contributed by atoms with van der Waals surface area (Å²) in [5, 5.41) is 8.33. The van der Waals surface area contributed by atoms with Crippen molar-refractivity contribution in [1.29, 1.82) is 0 Å². The SMILES string of the molecule is CCOCC(=O)N1CCC(C(=O)N2Cc3nnc(C)n3C(C)C2)CC1. The Morgan fingerprint density at radius 3 is 2.60 bits per heavy atom. The van der Waals surface area contributed by atoms with Crippen LogP contribution in [-0.2, 0) is 20.9 Å². The summed E-state index contributed by atoms with van der Waals surface area (Å²) >= 11 is 0. The molecule has 1 saturated heterocycles. The van der Waals surface area contributed by atoms with Crippen LogP contribution >= 0.6 is 0 Å². The van der Waals surface area contributed by atoms with E-state index in [0.29, 0.717) is 45.6 Å². The van der Waals surface area contributed by atoms with E-state index in [0.717, 1.165) is 11.6 Å². The third kappa shape index (κ3) is 3.68. The van der Waals surface area contributed by atoms with Crippen molar-refractivity contribution < 1.29 is 14.3 Å². The molecule has 138 valence electrons. The molecule has 3 heterocycles. The highest BCUT2D eigenvalue weighted by Crippen LogP contribution is 2.26. The third-order valence-corrected chi connectivity index (χ3v) is 5.13. The van der Waals surface area contributed by atoms with E-state index in [1.807, 2.05) is 18.7 Å². The largest absolute Gasteiger partial charge is 0.372 e. The highest BCUT2D eigenvalue weighted by atomic mass is 16.5. The number of aromatic nitrogens is 3. The van der Waals surface area contributed by atoms with Crippen LogP contribution < -0.4 is 0 Å². The van der Waals surface area contributed by atoms with Crippen molar-refractivity contribution in [1.82, 2.24) is 24.6 Å². The summed E-state index contributed by atoms with van der Waals surface area (Å²) in [5.74, 6) is 1.93. The zero-order valence-electron chi connectivity index (χ0n) is 15.3. The number of carbonyl (C=O) groups excluding carboxylic acids is 2. The predicted octanol–water partition coefficient (Wildman–Crippen LogP) is 0.765. The molecule has 1 fully saturated rings. The Hall–Kier alpha value is -1.96. The van der Waals surface area contributed by atoms with Gasteiger partial charge in [-0.25, -0.2) is 0 Å². The Morgan fingerprint density at radius 1 is 1.20 bits per heavy atom. The molecule has 0 N–H and O–H groups in total. The molecule has 0 aromatic carbocycles. The van der Waals surface area contributed by atoms with E-state index in [9.17, 15) is 9.59 Å². The Kier molecular flexibility index (Phi) is 5.36. The van der Waals surface area contributed by atoms with Crippen LogP contribution in [0.3, 0.4) is 0 Å². The van der Waals surface area contributed by atoms with Gasteiger partial charge < -0.3 is 19.1 Å². The first-order chi connectivity index (χ1) is 12.0. The van der Waals surface area contributed by atoms with Crippen LogP contribution in [0.1, 0.15) is 44.4 Å². The fraction of sp³-hybridized carbons (Fsp3) is 0.765. The topological polar surface area (TPSA) is 80.6 Å². The molecule has 1 aromatic heterocycles. The number of rotatable bonds is 4. The summed E-state index contributed by atoms with van der Waals surface area (Å²) in [6, 6.07) is 0.190. The van der Waals surface area contributed by atoms with Crippen molar-refractivity contribution in [3.05, 3.63) is 11.6 Å². The second-order valence-corrected chi connectivity index (χ2v) is 6.89. The average Bonchev–Trinajstić information content (AvgIpc) is 3.00. The molecule has 1 atom stereocenters. The Labute approximate surface area is 148 Å². The highest BCUT2D eigenvalue weighted by molar-refractivity contribution is 5.80. The van der Waals surface area contributed by atoms with Crippen LogP contribution in [0.4, 0.5) is 0 Å². The number of fused-ring (bicyclic) bond motifs is 1. The van der Waals surface area contributed by atoms with E-state index in [1.165, 1.54) is 0 Å². The summed E-state index contributed by atoms with van der Waals surface area (Å²) < 4.78 is 7.29. The van der Waals surface area contributed by atoms with Crippen molar-refractivity contribution in [3.63, 3.8) is 0 Å². The zero-order valence-corrected chi connectivity index (χ0v) is 15.3. The zero-order chi connectivity index (χ0) is 18.0. The van der Waals surface area contributed by atoms with Gasteiger partial charge in [0.2, 0.25) is 11.8 Å². The fourth-order valence-corrected chi connectivity index (χ4v) is 3.81.